The fraction of sp³-hybridized carbons (Fsp3) is 0.438. The monoisotopic (exact) mass is 334 g/mol. The van der Waals surface area contributed by atoms with Gasteiger partial charge in [-0.3, -0.25) is 4.98 Å². The van der Waals surface area contributed by atoms with Gasteiger partial charge in [-0.2, -0.15) is 0 Å². The second-order valence-corrected chi connectivity index (χ2v) is 8.19. The van der Waals surface area contributed by atoms with Gasteiger partial charge in [-0.1, -0.05) is 6.07 Å². The molecule has 0 N–H and O–H groups in total. The Morgan fingerprint density at radius 3 is 2.43 bits per heavy atom. The second kappa shape index (κ2) is 6.62. The summed E-state index contributed by atoms with van der Waals surface area (Å²) < 4.78 is 23.6. The quantitative estimate of drug-likeness (QED) is 0.833. The van der Waals surface area contributed by atoms with Crippen LogP contribution in [0.25, 0.3) is 11.5 Å². The standard InChI is InChI=1S/C16H22N4O2S/c1-11-10-15(20(4)12(2)13(3)23(5,21)22)19-16(18-11)14-8-6-7-9-17-14/h6-10,12-13H,1-5H3. The van der Waals surface area contributed by atoms with Crippen molar-refractivity contribution in [3.63, 3.8) is 0 Å². The summed E-state index contributed by atoms with van der Waals surface area (Å²) >= 11 is 0. The van der Waals surface area contributed by atoms with E-state index in [0.29, 0.717) is 17.3 Å². The highest BCUT2D eigenvalue weighted by atomic mass is 32.2. The van der Waals surface area contributed by atoms with Crippen LogP contribution in [0.3, 0.4) is 0 Å². The summed E-state index contributed by atoms with van der Waals surface area (Å²) in [5, 5.41) is -0.499. The first-order valence-electron chi connectivity index (χ1n) is 7.39. The van der Waals surface area contributed by atoms with Crippen molar-refractivity contribution in [1.82, 2.24) is 15.0 Å². The van der Waals surface area contributed by atoms with Crippen LogP contribution in [-0.4, -0.2) is 48.0 Å². The van der Waals surface area contributed by atoms with Crippen LogP contribution in [0.4, 0.5) is 5.82 Å². The number of hydrogen-bond acceptors (Lipinski definition) is 6. The van der Waals surface area contributed by atoms with Crippen molar-refractivity contribution in [1.29, 1.82) is 0 Å². The molecule has 0 fully saturated rings. The minimum Gasteiger partial charge on any atom is -0.356 e. The van der Waals surface area contributed by atoms with Crippen LogP contribution in [0.5, 0.6) is 0 Å². The van der Waals surface area contributed by atoms with Crippen molar-refractivity contribution in [3.05, 3.63) is 36.2 Å². The molecule has 0 aromatic carbocycles. The summed E-state index contributed by atoms with van der Waals surface area (Å²) in [7, 11) is -1.28. The molecule has 0 aliphatic carbocycles. The predicted molar refractivity (Wildman–Crippen MR) is 92.2 cm³/mol. The number of pyridine rings is 1. The number of hydrogen-bond donors (Lipinski definition) is 0. The van der Waals surface area contributed by atoms with Gasteiger partial charge in [0.25, 0.3) is 0 Å². The van der Waals surface area contributed by atoms with Crippen molar-refractivity contribution >= 4 is 15.7 Å². The predicted octanol–water partition coefficient (Wildman–Crippen LogP) is 2.10. The van der Waals surface area contributed by atoms with E-state index in [0.717, 1.165) is 5.69 Å². The summed E-state index contributed by atoms with van der Waals surface area (Å²) in [6.45, 7) is 5.48. The van der Waals surface area contributed by atoms with E-state index in [4.69, 9.17) is 0 Å². The summed E-state index contributed by atoms with van der Waals surface area (Å²) in [4.78, 5) is 15.1. The normalized spacial score (nSPS) is 14.3. The van der Waals surface area contributed by atoms with Crippen molar-refractivity contribution < 1.29 is 8.42 Å². The molecular weight excluding hydrogens is 312 g/mol. The molecule has 0 aliphatic heterocycles. The topological polar surface area (TPSA) is 76.1 Å². The van der Waals surface area contributed by atoms with Gasteiger partial charge in [-0.05, 0) is 32.9 Å². The van der Waals surface area contributed by atoms with Gasteiger partial charge in [0.15, 0.2) is 15.7 Å². The highest BCUT2D eigenvalue weighted by Gasteiger charge is 2.26. The molecule has 2 aromatic rings. The van der Waals surface area contributed by atoms with Gasteiger partial charge in [0, 0.05) is 37.3 Å². The first-order chi connectivity index (χ1) is 10.7. The van der Waals surface area contributed by atoms with E-state index >= 15 is 0 Å². The minimum atomic E-state index is -3.12. The summed E-state index contributed by atoms with van der Waals surface area (Å²) in [5.74, 6) is 1.22. The number of nitrogens with zero attached hydrogens (tertiary/aromatic N) is 4. The number of rotatable bonds is 5. The van der Waals surface area contributed by atoms with Gasteiger partial charge < -0.3 is 4.90 Å². The van der Waals surface area contributed by atoms with Crippen molar-refractivity contribution in [2.24, 2.45) is 0 Å². The van der Waals surface area contributed by atoms with Crippen LogP contribution < -0.4 is 4.90 Å². The lowest BCUT2D eigenvalue weighted by molar-refractivity contribution is 0.565. The Labute approximate surface area is 137 Å². The molecule has 0 aliphatic rings. The molecule has 2 heterocycles. The van der Waals surface area contributed by atoms with E-state index in [1.54, 1.807) is 13.1 Å². The molecule has 6 nitrogen and oxygen atoms in total. The average Bonchev–Trinajstić information content (AvgIpc) is 2.52. The Balaban J connectivity index is 2.38. The van der Waals surface area contributed by atoms with Crippen LogP contribution in [-0.2, 0) is 9.84 Å². The van der Waals surface area contributed by atoms with E-state index in [9.17, 15) is 8.42 Å². The zero-order chi connectivity index (χ0) is 17.2. The molecule has 2 rings (SSSR count). The van der Waals surface area contributed by atoms with Crippen LogP contribution in [0, 0.1) is 6.92 Å². The zero-order valence-electron chi connectivity index (χ0n) is 14.1. The van der Waals surface area contributed by atoms with E-state index in [-0.39, 0.29) is 6.04 Å². The van der Waals surface area contributed by atoms with E-state index in [1.807, 2.05) is 50.1 Å². The van der Waals surface area contributed by atoms with Gasteiger partial charge in [-0.25, -0.2) is 18.4 Å². The molecule has 23 heavy (non-hydrogen) atoms. The Morgan fingerprint density at radius 2 is 1.87 bits per heavy atom. The maximum Gasteiger partial charge on any atom is 0.180 e. The van der Waals surface area contributed by atoms with Gasteiger partial charge >= 0.3 is 0 Å². The number of aromatic nitrogens is 3. The largest absolute Gasteiger partial charge is 0.356 e. The molecule has 0 amide bonds. The van der Waals surface area contributed by atoms with Crippen LogP contribution in [0.15, 0.2) is 30.5 Å². The molecule has 2 aromatic heterocycles. The van der Waals surface area contributed by atoms with E-state index in [2.05, 4.69) is 15.0 Å². The van der Waals surface area contributed by atoms with E-state index in [1.165, 1.54) is 6.26 Å². The first-order valence-corrected chi connectivity index (χ1v) is 9.34. The maximum atomic E-state index is 11.8. The third-order valence-electron chi connectivity index (χ3n) is 4.06. The molecule has 0 saturated heterocycles. The lowest BCUT2D eigenvalue weighted by Gasteiger charge is -2.30. The van der Waals surface area contributed by atoms with Gasteiger partial charge in [0.2, 0.25) is 0 Å². The lowest BCUT2D eigenvalue weighted by Crippen LogP contribution is -2.41. The molecule has 0 bridgehead atoms. The van der Waals surface area contributed by atoms with Crippen LogP contribution >= 0.6 is 0 Å². The maximum absolute atomic E-state index is 11.8. The molecule has 2 atom stereocenters. The lowest BCUT2D eigenvalue weighted by atomic mass is 10.2. The Hall–Kier alpha value is -2.02. The van der Waals surface area contributed by atoms with E-state index < -0.39 is 15.1 Å². The number of sulfone groups is 1. The third-order valence-corrected chi connectivity index (χ3v) is 5.81. The van der Waals surface area contributed by atoms with Gasteiger partial charge in [-0.15, -0.1) is 0 Å². The summed E-state index contributed by atoms with van der Waals surface area (Å²) in [6, 6.07) is 7.20. The minimum absolute atomic E-state index is 0.212. The highest BCUT2D eigenvalue weighted by molar-refractivity contribution is 7.91. The third kappa shape index (κ3) is 4.04. The van der Waals surface area contributed by atoms with Crippen LogP contribution in [0.1, 0.15) is 19.5 Å². The summed E-state index contributed by atoms with van der Waals surface area (Å²) in [5.41, 5.74) is 1.50. The van der Waals surface area contributed by atoms with Crippen LogP contribution in [0.2, 0.25) is 0 Å². The summed E-state index contributed by atoms with van der Waals surface area (Å²) in [6.07, 6.45) is 2.95. The Kier molecular flexibility index (Phi) is 4.99. The molecule has 7 heteroatoms. The average molecular weight is 334 g/mol. The molecule has 0 radical (unpaired) electrons. The fourth-order valence-corrected chi connectivity index (χ4v) is 3.12. The fourth-order valence-electron chi connectivity index (χ4n) is 2.22. The zero-order valence-corrected chi connectivity index (χ0v) is 14.9. The first kappa shape index (κ1) is 17.3. The number of aryl methyl sites for hydroxylation is 1. The SMILES string of the molecule is Cc1cc(N(C)C(C)C(C)S(C)(=O)=O)nc(-c2ccccn2)n1. The van der Waals surface area contributed by atoms with Crippen molar-refractivity contribution in [2.75, 3.05) is 18.2 Å². The molecular formula is C16H22N4O2S. The number of anilines is 1. The van der Waals surface area contributed by atoms with Crippen molar-refractivity contribution in [2.45, 2.75) is 32.1 Å². The Bertz CT molecular complexity index is 778. The highest BCUT2D eigenvalue weighted by Crippen LogP contribution is 2.21. The smallest absolute Gasteiger partial charge is 0.180 e. The molecule has 2 unspecified atom stereocenters. The van der Waals surface area contributed by atoms with Gasteiger partial charge in [0.05, 0.1) is 5.25 Å². The second-order valence-electron chi connectivity index (χ2n) is 5.79. The molecule has 124 valence electrons. The molecule has 0 spiro atoms. The van der Waals surface area contributed by atoms with Crippen molar-refractivity contribution in [3.8, 4) is 11.5 Å². The van der Waals surface area contributed by atoms with Gasteiger partial charge in [0.1, 0.15) is 11.5 Å². The Morgan fingerprint density at radius 1 is 1.17 bits per heavy atom. The molecule has 0 saturated carbocycles.